The number of hydrogen-bond acceptors (Lipinski definition) is 6. The van der Waals surface area contributed by atoms with Crippen molar-refractivity contribution in [2.75, 3.05) is 0 Å². The zero-order chi connectivity index (χ0) is 49.7. The number of hydrogen-bond donors (Lipinski definition) is 0. The Labute approximate surface area is 425 Å². The Morgan fingerprint density at radius 3 is 1.08 bits per heavy atom. The quantitative estimate of drug-likeness (QED) is 0.150. The number of nitrogens with zero attached hydrogens (tertiary/aromatic N) is 8. The molecule has 0 saturated heterocycles. The maximum atomic E-state index is 10.0. The maximum absolute atomic E-state index is 10.0. The van der Waals surface area contributed by atoms with E-state index in [1.54, 1.807) is 0 Å². The summed E-state index contributed by atoms with van der Waals surface area (Å²) in [5.41, 5.74) is 15.4. The minimum atomic E-state index is 0.461. The molecular weight excluding hydrogens is 905 g/mol. The first-order valence-corrected chi connectivity index (χ1v) is 24.2. The van der Waals surface area contributed by atoms with Crippen molar-refractivity contribution in [3.05, 3.63) is 247 Å². The number of nitriles is 3. The maximum Gasteiger partial charge on any atom is 0.164 e. The van der Waals surface area contributed by atoms with Crippen molar-refractivity contribution >= 4 is 43.6 Å². The van der Waals surface area contributed by atoms with Gasteiger partial charge in [-0.3, -0.25) is 0 Å². The van der Waals surface area contributed by atoms with Crippen molar-refractivity contribution in [1.29, 1.82) is 15.8 Å². The Bertz CT molecular complexity index is 4190. The van der Waals surface area contributed by atoms with Gasteiger partial charge in [-0.1, -0.05) is 158 Å². The molecule has 0 aliphatic heterocycles. The fraction of sp³-hybridized carbons (Fsp3) is 0. The number of fused-ring (bicyclic) bond motifs is 6. The average molecular weight is 943 g/mol. The topological polar surface area (TPSA) is 120 Å². The first-order valence-electron chi connectivity index (χ1n) is 24.2. The van der Waals surface area contributed by atoms with Crippen LogP contribution >= 0.6 is 0 Å². The predicted octanol–water partition coefficient (Wildman–Crippen LogP) is 15.7. The van der Waals surface area contributed by atoms with Crippen LogP contribution in [0.2, 0.25) is 0 Å². The molecule has 13 rings (SSSR count). The van der Waals surface area contributed by atoms with Gasteiger partial charge in [-0.25, -0.2) is 15.0 Å². The molecule has 0 bridgehead atoms. The molecular formula is C66H38N8. The van der Waals surface area contributed by atoms with Gasteiger partial charge in [-0.05, 0) is 95.1 Å². The molecule has 74 heavy (non-hydrogen) atoms. The van der Waals surface area contributed by atoms with Crippen LogP contribution in [0.25, 0.3) is 123 Å². The second-order valence-electron chi connectivity index (χ2n) is 18.1. The Morgan fingerprint density at radius 2 is 0.649 bits per heavy atom. The average Bonchev–Trinajstić information content (AvgIpc) is 4.03. The molecule has 3 aromatic heterocycles. The molecule has 3 heterocycles. The van der Waals surface area contributed by atoms with Crippen molar-refractivity contribution in [2.45, 2.75) is 0 Å². The summed E-state index contributed by atoms with van der Waals surface area (Å²) in [5.74, 6) is 1.39. The second-order valence-corrected chi connectivity index (χ2v) is 18.1. The molecule has 0 aliphatic rings. The number of para-hydroxylation sites is 4. The van der Waals surface area contributed by atoms with Crippen LogP contribution < -0.4 is 0 Å². The zero-order valence-corrected chi connectivity index (χ0v) is 39.5. The van der Waals surface area contributed by atoms with Crippen LogP contribution in [0.4, 0.5) is 0 Å². The van der Waals surface area contributed by atoms with Gasteiger partial charge >= 0.3 is 0 Å². The lowest BCUT2D eigenvalue weighted by Crippen LogP contribution is -2.04. The van der Waals surface area contributed by atoms with Crippen molar-refractivity contribution in [3.63, 3.8) is 0 Å². The van der Waals surface area contributed by atoms with Crippen molar-refractivity contribution < 1.29 is 0 Å². The fourth-order valence-electron chi connectivity index (χ4n) is 10.5. The summed E-state index contributed by atoms with van der Waals surface area (Å²) in [6, 6.07) is 84.3. The van der Waals surface area contributed by atoms with Crippen molar-refractivity contribution in [3.8, 4) is 97.1 Å². The number of benzene rings is 10. The van der Waals surface area contributed by atoms with E-state index in [1.807, 2.05) is 91.0 Å². The molecule has 0 N–H and O–H groups in total. The third kappa shape index (κ3) is 7.33. The Hall–Kier alpha value is -10.7. The Morgan fingerprint density at radius 1 is 0.270 bits per heavy atom. The fourth-order valence-corrected chi connectivity index (χ4v) is 10.5. The monoisotopic (exact) mass is 942 g/mol. The van der Waals surface area contributed by atoms with E-state index in [-0.39, 0.29) is 0 Å². The van der Waals surface area contributed by atoms with Gasteiger partial charge in [0.2, 0.25) is 0 Å². The van der Waals surface area contributed by atoms with Crippen molar-refractivity contribution in [2.24, 2.45) is 0 Å². The van der Waals surface area contributed by atoms with Crippen LogP contribution in [0, 0.1) is 34.0 Å². The molecule has 8 heteroatoms. The molecule has 0 spiro atoms. The summed E-state index contributed by atoms with van der Waals surface area (Å²) in [5, 5.41) is 34.3. The normalized spacial score (nSPS) is 11.2. The lowest BCUT2D eigenvalue weighted by atomic mass is 9.97. The van der Waals surface area contributed by atoms with E-state index in [0.717, 1.165) is 105 Å². The smallest absolute Gasteiger partial charge is 0.164 e. The molecule has 0 unspecified atom stereocenters. The van der Waals surface area contributed by atoms with Gasteiger partial charge in [-0.2, -0.15) is 15.8 Å². The molecule has 13 aromatic rings. The largest absolute Gasteiger partial charge is 0.309 e. The Balaban J connectivity index is 1.09. The van der Waals surface area contributed by atoms with E-state index in [0.29, 0.717) is 34.2 Å². The number of rotatable bonds is 8. The highest BCUT2D eigenvalue weighted by Crippen LogP contribution is 2.42. The van der Waals surface area contributed by atoms with Crippen LogP contribution in [0.5, 0.6) is 0 Å². The lowest BCUT2D eigenvalue weighted by Gasteiger charge is -2.18. The third-order valence-electron chi connectivity index (χ3n) is 13.9. The highest BCUT2D eigenvalue weighted by Gasteiger charge is 2.22. The van der Waals surface area contributed by atoms with Crippen molar-refractivity contribution in [1.82, 2.24) is 24.1 Å². The molecule has 0 saturated carbocycles. The zero-order valence-electron chi connectivity index (χ0n) is 39.5. The van der Waals surface area contributed by atoms with Gasteiger partial charge in [0.15, 0.2) is 17.5 Å². The van der Waals surface area contributed by atoms with Crippen LogP contribution in [0.15, 0.2) is 231 Å². The highest BCUT2D eigenvalue weighted by atomic mass is 15.0. The van der Waals surface area contributed by atoms with E-state index in [1.165, 1.54) is 0 Å². The van der Waals surface area contributed by atoms with Crippen LogP contribution in [-0.4, -0.2) is 24.1 Å². The first-order chi connectivity index (χ1) is 36.5. The summed E-state index contributed by atoms with van der Waals surface area (Å²) in [7, 11) is 0. The first kappa shape index (κ1) is 43.3. The van der Waals surface area contributed by atoms with E-state index >= 15 is 0 Å². The van der Waals surface area contributed by atoms with Crippen LogP contribution in [-0.2, 0) is 0 Å². The third-order valence-corrected chi connectivity index (χ3v) is 13.9. The number of aromatic nitrogens is 5. The summed E-state index contributed by atoms with van der Waals surface area (Å²) >= 11 is 0. The van der Waals surface area contributed by atoms with E-state index in [9.17, 15) is 15.8 Å². The van der Waals surface area contributed by atoms with E-state index < -0.39 is 0 Å². The highest BCUT2D eigenvalue weighted by molar-refractivity contribution is 6.11. The van der Waals surface area contributed by atoms with Gasteiger partial charge in [0.25, 0.3) is 0 Å². The van der Waals surface area contributed by atoms with E-state index in [4.69, 9.17) is 15.0 Å². The van der Waals surface area contributed by atoms with Gasteiger partial charge in [0.1, 0.15) is 0 Å². The molecule has 0 amide bonds. The molecule has 342 valence electrons. The van der Waals surface area contributed by atoms with Gasteiger partial charge in [0, 0.05) is 49.4 Å². The minimum Gasteiger partial charge on any atom is -0.309 e. The lowest BCUT2D eigenvalue weighted by molar-refractivity contribution is 1.07. The minimum absolute atomic E-state index is 0.461. The van der Waals surface area contributed by atoms with Gasteiger partial charge in [0.05, 0.1) is 68.3 Å². The van der Waals surface area contributed by atoms with Crippen LogP contribution in [0.1, 0.15) is 16.7 Å². The summed E-state index contributed by atoms with van der Waals surface area (Å²) in [4.78, 5) is 16.2. The van der Waals surface area contributed by atoms with Crippen LogP contribution in [0.3, 0.4) is 0 Å². The Kier molecular flexibility index (Phi) is 10.5. The molecule has 0 aliphatic carbocycles. The molecule has 0 atom stereocenters. The summed E-state index contributed by atoms with van der Waals surface area (Å²) in [6.45, 7) is 0. The van der Waals surface area contributed by atoms with E-state index in [2.05, 4.69) is 167 Å². The molecule has 8 nitrogen and oxygen atoms in total. The SMILES string of the molecule is N#Cc1ccc(-c2ccccc2-c2nc(-c3ccc(-c4cccc(C#N)c4)c(-n4c5ccccc5c5ccccc54)c3)nc(-c3ccc(-c4cccc(C#N)c4)c(-n4c5ccccc5c5ccccc54)c3)n2)cc1. The standard InChI is InChI=1S/C66H38N8/c67-39-42-27-29-45(30-28-42)50-17-1-2-22-57(50)66-71-64(48-31-33-51(46-15-11-13-43(35-46)40-68)62(37-48)73-58-23-7-3-18-53(58)54-19-4-8-24-59(54)73)70-65(72-66)49-32-34-52(47-16-12-14-44(36-47)41-69)63(38-49)74-60-25-9-5-20-55(60)56-21-6-10-26-61(56)74/h1-38H. The van der Waals surface area contributed by atoms with Gasteiger partial charge in [-0.15, -0.1) is 0 Å². The summed E-state index contributed by atoms with van der Waals surface area (Å²) in [6.07, 6.45) is 0. The predicted molar refractivity (Wildman–Crippen MR) is 295 cm³/mol. The molecule has 10 aromatic carbocycles. The molecule has 0 fully saturated rings. The summed E-state index contributed by atoms with van der Waals surface area (Å²) < 4.78 is 4.59. The second kappa shape index (κ2) is 17.9. The molecule has 0 radical (unpaired) electrons. The van der Waals surface area contributed by atoms with Gasteiger partial charge < -0.3 is 9.13 Å².